The number of benzene rings is 2. The van der Waals surface area contributed by atoms with Crippen molar-refractivity contribution in [3.63, 3.8) is 0 Å². The van der Waals surface area contributed by atoms with Gasteiger partial charge in [0.25, 0.3) is 0 Å². The quantitative estimate of drug-likeness (QED) is 0.554. The van der Waals surface area contributed by atoms with E-state index in [-0.39, 0.29) is 30.0 Å². The summed E-state index contributed by atoms with van der Waals surface area (Å²) in [4.78, 5) is 11.0. The Balaban J connectivity index is 1.54. The molecule has 168 valence electrons. The SMILES string of the molecule is CC(C)c1ccc(COc2ccc(CNC3CCC(C(=O)O)C3)cc2)cc1C(F)(F)F. The van der Waals surface area contributed by atoms with E-state index in [0.29, 0.717) is 30.7 Å². The van der Waals surface area contributed by atoms with Gasteiger partial charge in [0.1, 0.15) is 12.4 Å². The normalized spacial score (nSPS) is 19.0. The van der Waals surface area contributed by atoms with Gasteiger partial charge in [-0.1, -0.05) is 38.1 Å². The van der Waals surface area contributed by atoms with Crippen molar-refractivity contribution in [3.05, 3.63) is 64.7 Å². The topological polar surface area (TPSA) is 58.6 Å². The van der Waals surface area contributed by atoms with Crippen molar-refractivity contribution in [1.29, 1.82) is 0 Å². The Morgan fingerprint density at radius 1 is 1.13 bits per heavy atom. The molecule has 1 aliphatic rings. The molecule has 2 atom stereocenters. The minimum Gasteiger partial charge on any atom is -0.489 e. The maximum atomic E-state index is 13.4. The van der Waals surface area contributed by atoms with Crippen molar-refractivity contribution in [1.82, 2.24) is 5.32 Å². The van der Waals surface area contributed by atoms with E-state index in [1.165, 1.54) is 12.1 Å². The zero-order chi connectivity index (χ0) is 22.6. The summed E-state index contributed by atoms with van der Waals surface area (Å²) >= 11 is 0. The number of carboxylic acids is 1. The van der Waals surface area contributed by atoms with Crippen LogP contribution in [0.25, 0.3) is 0 Å². The lowest BCUT2D eigenvalue weighted by molar-refractivity contribution is -0.141. The molecule has 0 spiro atoms. The maximum Gasteiger partial charge on any atom is 0.416 e. The summed E-state index contributed by atoms with van der Waals surface area (Å²) in [6.07, 6.45) is -2.19. The molecule has 4 nitrogen and oxygen atoms in total. The number of alkyl halides is 3. The molecule has 0 radical (unpaired) electrons. The van der Waals surface area contributed by atoms with Crippen molar-refractivity contribution in [2.24, 2.45) is 5.92 Å². The fourth-order valence-electron chi connectivity index (χ4n) is 3.97. The number of ether oxygens (including phenoxy) is 1. The Bertz CT molecular complexity index is 894. The minimum atomic E-state index is -4.39. The average molecular weight is 435 g/mol. The first-order valence-corrected chi connectivity index (χ1v) is 10.5. The summed E-state index contributed by atoms with van der Waals surface area (Å²) in [5, 5.41) is 12.5. The number of hydrogen-bond donors (Lipinski definition) is 2. The molecule has 2 N–H and O–H groups in total. The summed E-state index contributed by atoms with van der Waals surface area (Å²) in [6.45, 7) is 4.17. The molecule has 1 saturated carbocycles. The van der Waals surface area contributed by atoms with Crippen LogP contribution in [-0.4, -0.2) is 17.1 Å². The van der Waals surface area contributed by atoms with Crippen LogP contribution in [0.4, 0.5) is 13.2 Å². The van der Waals surface area contributed by atoms with E-state index in [0.717, 1.165) is 12.0 Å². The molecule has 0 amide bonds. The first kappa shape index (κ1) is 23.1. The molecule has 1 fully saturated rings. The van der Waals surface area contributed by atoms with Gasteiger partial charge in [0, 0.05) is 12.6 Å². The lowest BCUT2D eigenvalue weighted by Crippen LogP contribution is -2.26. The molecule has 1 aliphatic carbocycles. The molecule has 0 aromatic heterocycles. The Labute approximate surface area is 180 Å². The molecule has 7 heteroatoms. The van der Waals surface area contributed by atoms with Gasteiger partial charge in [-0.2, -0.15) is 13.2 Å². The minimum absolute atomic E-state index is 0.0533. The fourth-order valence-corrected chi connectivity index (χ4v) is 3.97. The van der Waals surface area contributed by atoms with Gasteiger partial charge < -0.3 is 15.2 Å². The number of hydrogen-bond acceptors (Lipinski definition) is 3. The number of aliphatic carboxylic acids is 1. The van der Waals surface area contributed by atoms with Crippen LogP contribution >= 0.6 is 0 Å². The molecule has 2 aromatic carbocycles. The van der Waals surface area contributed by atoms with Gasteiger partial charge in [-0.3, -0.25) is 4.79 Å². The second-order valence-electron chi connectivity index (χ2n) is 8.43. The Morgan fingerprint density at radius 3 is 2.39 bits per heavy atom. The van der Waals surface area contributed by atoms with Crippen molar-refractivity contribution in [2.45, 2.75) is 64.4 Å². The van der Waals surface area contributed by atoms with Gasteiger partial charge in [-0.15, -0.1) is 0 Å². The third kappa shape index (κ3) is 6.23. The van der Waals surface area contributed by atoms with Crippen molar-refractivity contribution in [3.8, 4) is 5.75 Å². The highest BCUT2D eigenvalue weighted by atomic mass is 19.4. The molecule has 2 unspecified atom stereocenters. The molecule has 0 saturated heterocycles. The van der Waals surface area contributed by atoms with Crippen LogP contribution in [0.3, 0.4) is 0 Å². The molecule has 0 heterocycles. The van der Waals surface area contributed by atoms with Crippen LogP contribution in [-0.2, 0) is 24.1 Å². The van der Waals surface area contributed by atoms with Crippen molar-refractivity contribution < 1.29 is 27.8 Å². The van der Waals surface area contributed by atoms with Crippen LogP contribution in [0, 0.1) is 5.92 Å². The molecule has 3 rings (SSSR count). The molecule has 0 aliphatic heterocycles. The second kappa shape index (κ2) is 9.73. The van der Waals surface area contributed by atoms with Crippen LogP contribution < -0.4 is 10.1 Å². The predicted octanol–water partition coefficient (Wildman–Crippen LogP) is 5.75. The van der Waals surface area contributed by atoms with Crippen LogP contribution in [0.1, 0.15) is 61.3 Å². The number of carbonyl (C=O) groups is 1. The highest BCUT2D eigenvalue weighted by Crippen LogP contribution is 2.36. The lowest BCUT2D eigenvalue weighted by Gasteiger charge is -2.17. The van der Waals surface area contributed by atoms with E-state index in [9.17, 15) is 18.0 Å². The average Bonchev–Trinajstić information content (AvgIpc) is 3.20. The third-order valence-corrected chi connectivity index (χ3v) is 5.75. The number of carboxylic acid groups (broad SMARTS) is 1. The molecule has 2 aromatic rings. The summed E-state index contributed by atoms with van der Waals surface area (Å²) in [5.74, 6) is -0.628. The standard InChI is InChI=1S/C24H28F3NO3/c1-15(2)21-10-5-17(11-22(21)24(25,26)27)14-31-20-8-3-16(4-9-20)13-28-19-7-6-18(12-19)23(29)30/h3-5,8-11,15,18-19,28H,6-7,12-14H2,1-2H3,(H,29,30). The Hall–Kier alpha value is -2.54. The Morgan fingerprint density at radius 2 is 1.81 bits per heavy atom. The molecule has 31 heavy (non-hydrogen) atoms. The zero-order valence-electron chi connectivity index (χ0n) is 17.7. The number of nitrogens with one attached hydrogen (secondary N) is 1. The van der Waals surface area contributed by atoms with Crippen molar-refractivity contribution in [2.75, 3.05) is 0 Å². The smallest absolute Gasteiger partial charge is 0.416 e. The largest absolute Gasteiger partial charge is 0.489 e. The van der Waals surface area contributed by atoms with E-state index < -0.39 is 17.7 Å². The van der Waals surface area contributed by atoms with Crippen molar-refractivity contribution >= 4 is 5.97 Å². The zero-order valence-corrected chi connectivity index (χ0v) is 17.7. The number of halogens is 3. The van der Waals surface area contributed by atoms with E-state index >= 15 is 0 Å². The number of rotatable bonds is 8. The van der Waals surface area contributed by atoms with Gasteiger partial charge in [0.15, 0.2) is 0 Å². The summed E-state index contributed by atoms with van der Waals surface area (Å²) < 4.78 is 45.8. The lowest BCUT2D eigenvalue weighted by atomic mass is 9.95. The highest BCUT2D eigenvalue weighted by molar-refractivity contribution is 5.70. The van der Waals surface area contributed by atoms with Gasteiger partial charge in [0.05, 0.1) is 11.5 Å². The first-order chi connectivity index (χ1) is 14.6. The Kier molecular flexibility index (Phi) is 7.26. The summed E-state index contributed by atoms with van der Waals surface area (Å²) in [5.41, 5.74) is 1.18. The van der Waals surface area contributed by atoms with E-state index in [2.05, 4.69) is 5.32 Å². The van der Waals surface area contributed by atoms with Gasteiger partial charge in [0.2, 0.25) is 0 Å². The fraction of sp³-hybridized carbons (Fsp3) is 0.458. The second-order valence-corrected chi connectivity index (χ2v) is 8.43. The van der Waals surface area contributed by atoms with Gasteiger partial charge >= 0.3 is 12.1 Å². The molecular formula is C24H28F3NO3. The van der Waals surface area contributed by atoms with E-state index in [1.807, 2.05) is 12.1 Å². The summed E-state index contributed by atoms with van der Waals surface area (Å²) in [6, 6.07) is 11.9. The highest BCUT2D eigenvalue weighted by Gasteiger charge is 2.34. The van der Waals surface area contributed by atoms with Crippen LogP contribution in [0.2, 0.25) is 0 Å². The third-order valence-electron chi connectivity index (χ3n) is 5.75. The van der Waals surface area contributed by atoms with Crippen LogP contribution in [0.5, 0.6) is 5.75 Å². The van der Waals surface area contributed by atoms with E-state index in [1.54, 1.807) is 32.0 Å². The molecule has 0 bridgehead atoms. The van der Waals surface area contributed by atoms with Crippen LogP contribution in [0.15, 0.2) is 42.5 Å². The predicted molar refractivity (Wildman–Crippen MR) is 112 cm³/mol. The van der Waals surface area contributed by atoms with Gasteiger partial charge in [-0.25, -0.2) is 0 Å². The monoisotopic (exact) mass is 435 g/mol. The summed E-state index contributed by atoms with van der Waals surface area (Å²) in [7, 11) is 0. The maximum absolute atomic E-state index is 13.4. The van der Waals surface area contributed by atoms with E-state index in [4.69, 9.17) is 9.84 Å². The van der Waals surface area contributed by atoms with Gasteiger partial charge in [-0.05, 0) is 60.1 Å². The molecular weight excluding hydrogens is 407 g/mol. The first-order valence-electron chi connectivity index (χ1n) is 10.5.